The van der Waals surface area contributed by atoms with Crippen LogP contribution in [-0.4, -0.2) is 34.7 Å². The van der Waals surface area contributed by atoms with Crippen molar-refractivity contribution < 1.29 is 14.6 Å². The number of aliphatic hydroxyl groups is 2. The van der Waals surface area contributed by atoms with Gasteiger partial charge >= 0.3 is 0 Å². The molecule has 0 amide bonds. The van der Waals surface area contributed by atoms with Crippen molar-refractivity contribution in [3.05, 3.63) is 71.0 Å². The number of benzene rings is 2. The first kappa shape index (κ1) is 20.5. The Labute approximate surface area is 173 Å². The Kier molecular flexibility index (Phi) is 5.30. The SMILES string of the molecule is CC(C)(C)c1ccc(C2(O)CC3CN(CC(O)c4cccc(F)c4)CC3C2)cc1. The van der Waals surface area contributed by atoms with Gasteiger partial charge in [-0.25, -0.2) is 4.39 Å². The van der Waals surface area contributed by atoms with Crippen LogP contribution in [0.1, 0.15) is 56.4 Å². The Hall–Kier alpha value is -1.75. The topological polar surface area (TPSA) is 43.7 Å². The van der Waals surface area contributed by atoms with E-state index in [1.54, 1.807) is 12.1 Å². The maximum absolute atomic E-state index is 13.4. The van der Waals surface area contributed by atoms with Gasteiger partial charge in [-0.15, -0.1) is 0 Å². The van der Waals surface area contributed by atoms with Crippen molar-refractivity contribution in [2.24, 2.45) is 11.8 Å². The summed E-state index contributed by atoms with van der Waals surface area (Å²) in [4.78, 5) is 2.26. The second-order valence-electron chi connectivity index (χ2n) is 10.1. The van der Waals surface area contributed by atoms with Crippen LogP contribution in [0.3, 0.4) is 0 Å². The van der Waals surface area contributed by atoms with E-state index in [1.807, 2.05) is 0 Å². The molecule has 1 aliphatic carbocycles. The van der Waals surface area contributed by atoms with Crippen molar-refractivity contribution in [1.82, 2.24) is 4.90 Å². The van der Waals surface area contributed by atoms with Crippen LogP contribution in [0.15, 0.2) is 48.5 Å². The van der Waals surface area contributed by atoms with Gasteiger partial charge in [0.2, 0.25) is 0 Å². The van der Waals surface area contributed by atoms with Gasteiger partial charge in [-0.05, 0) is 58.9 Å². The van der Waals surface area contributed by atoms with E-state index in [0.29, 0.717) is 23.9 Å². The molecule has 0 aromatic heterocycles. The van der Waals surface area contributed by atoms with Crippen LogP contribution in [0.2, 0.25) is 0 Å². The van der Waals surface area contributed by atoms with Crippen LogP contribution in [0, 0.1) is 17.7 Å². The third-order valence-corrected chi connectivity index (χ3v) is 6.80. The lowest BCUT2D eigenvalue weighted by Gasteiger charge is -2.28. The fourth-order valence-electron chi connectivity index (χ4n) is 5.18. The highest BCUT2D eigenvalue weighted by atomic mass is 19.1. The van der Waals surface area contributed by atoms with Crippen molar-refractivity contribution in [2.75, 3.05) is 19.6 Å². The number of likely N-dealkylation sites (tertiary alicyclic amines) is 1. The van der Waals surface area contributed by atoms with E-state index in [2.05, 4.69) is 49.9 Å². The first-order valence-electron chi connectivity index (χ1n) is 10.6. The Balaban J connectivity index is 1.38. The molecule has 1 saturated heterocycles. The number of hydrogen-bond donors (Lipinski definition) is 2. The molecule has 4 rings (SSSR count). The molecule has 2 aromatic carbocycles. The number of hydrogen-bond acceptors (Lipinski definition) is 3. The Bertz CT molecular complexity index is 844. The summed E-state index contributed by atoms with van der Waals surface area (Å²) in [6.07, 6.45) is 0.839. The van der Waals surface area contributed by atoms with Gasteiger partial charge in [-0.3, -0.25) is 4.90 Å². The van der Waals surface area contributed by atoms with Crippen molar-refractivity contribution in [2.45, 2.75) is 50.7 Å². The average molecular weight is 398 g/mol. The summed E-state index contributed by atoms with van der Waals surface area (Å²) in [5.41, 5.74) is 2.28. The first-order chi connectivity index (χ1) is 13.6. The van der Waals surface area contributed by atoms with E-state index < -0.39 is 11.7 Å². The van der Waals surface area contributed by atoms with E-state index >= 15 is 0 Å². The minimum atomic E-state index is -0.751. The van der Waals surface area contributed by atoms with Crippen LogP contribution < -0.4 is 0 Å². The lowest BCUT2D eigenvalue weighted by atomic mass is 9.84. The molecule has 2 aromatic rings. The zero-order valence-electron chi connectivity index (χ0n) is 17.6. The maximum Gasteiger partial charge on any atom is 0.123 e. The van der Waals surface area contributed by atoms with Crippen LogP contribution in [-0.2, 0) is 11.0 Å². The predicted octanol–water partition coefficient (Wildman–Crippen LogP) is 4.39. The van der Waals surface area contributed by atoms with Crippen LogP contribution in [0.5, 0.6) is 0 Å². The monoisotopic (exact) mass is 397 g/mol. The van der Waals surface area contributed by atoms with Gasteiger partial charge in [0.15, 0.2) is 0 Å². The van der Waals surface area contributed by atoms with E-state index in [9.17, 15) is 14.6 Å². The molecule has 3 unspecified atom stereocenters. The van der Waals surface area contributed by atoms with E-state index in [4.69, 9.17) is 0 Å². The number of nitrogens with zero attached hydrogens (tertiary/aromatic N) is 1. The average Bonchev–Trinajstić information content (AvgIpc) is 3.16. The summed E-state index contributed by atoms with van der Waals surface area (Å²) in [5, 5.41) is 21.8. The van der Waals surface area contributed by atoms with Crippen LogP contribution in [0.4, 0.5) is 4.39 Å². The molecule has 2 fully saturated rings. The first-order valence-corrected chi connectivity index (χ1v) is 10.6. The summed E-state index contributed by atoms with van der Waals surface area (Å²) < 4.78 is 13.4. The van der Waals surface area contributed by atoms with Crippen LogP contribution in [0.25, 0.3) is 0 Å². The Morgan fingerprint density at radius 1 is 1.07 bits per heavy atom. The van der Waals surface area contributed by atoms with Gasteiger partial charge < -0.3 is 10.2 Å². The Morgan fingerprint density at radius 3 is 2.24 bits per heavy atom. The van der Waals surface area contributed by atoms with Crippen molar-refractivity contribution in [3.8, 4) is 0 Å². The quantitative estimate of drug-likeness (QED) is 0.804. The van der Waals surface area contributed by atoms with Gasteiger partial charge in [-0.2, -0.15) is 0 Å². The van der Waals surface area contributed by atoms with Crippen LogP contribution >= 0.6 is 0 Å². The number of halogens is 1. The molecule has 2 N–H and O–H groups in total. The smallest absolute Gasteiger partial charge is 0.123 e. The molecule has 3 atom stereocenters. The Morgan fingerprint density at radius 2 is 1.69 bits per heavy atom. The second-order valence-corrected chi connectivity index (χ2v) is 10.1. The molecule has 4 heteroatoms. The fourth-order valence-corrected chi connectivity index (χ4v) is 5.18. The van der Waals surface area contributed by atoms with Gasteiger partial charge in [0.1, 0.15) is 5.82 Å². The second kappa shape index (κ2) is 7.50. The molecule has 0 bridgehead atoms. The molecule has 0 spiro atoms. The number of fused-ring (bicyclic) bond motifs is 1. The normalized spacial score (nSPS) is 28.5. The van der Waals surface area contributed by atoms with Crippen molar-refractivity contribution in [1.29, 1.82) is 0 Å². The highest BCUT2D eigenvalue weighted by molar-refractivity contribution is 5.32. The number of aliphatic hydroxyl groups excluding tert-OH is 1. The van der Waals surface area contributed by atoms with Crippen molar-refractivity contribution in [3.63, 3.8) is 0 Å². The molecular weight excluding hydrogens is 365 g/mol. The largest absolute Gasteiger partial charge is 0.387 e. The zero-order chi connectivity index (χ0) is 20.8. The summed E-state index contributed by atoms with van der Waals surface area (Å²) in [6, 6.07) is 14.7. The highest BCUT2D eigenvalue weighted by Crippen LogP contribution is 2.49. The van der Waals surface area contributed by atoms with E-state index in [1.165, 1.54) is 17.7 Å². The summed E-state index contributed by atoms with van der Waals surface area (Å²) in [7, 11) is 0. The maximum atomic E-state index is 13.4. The lowest BCUT2D eigenvalue weighted by Crippen LogP contribution is -2.31. The summed E-state index contributed by atoms with van der Waals surface area (Å²) in [5.74, 6) is 0.548. The van der Waals surface area contributed by atoms with Gasteiger partial charge in [0.25, 0.3) is 0 Å². The van der Waals surface area contributed by atoms with Gasteiger partial charge in [0, 0.05) is 19.6 Å². The molecule has 1 heterocycles. The lowest BCUT2D eigenvalue weighted by molar-refractivity contribution is 0.0288. The van der Waals surface area contributed by atoms with E-state index in [-0.39, 0.29) is 11.2 Å². The summed E-state index contributed by atoms with van der Waals surface area (Å²) >= 11 is 0. The molecule has 1 saturated carbocycles. The minimum absolute atomic E-state index is 0.107. The minimum Gasteiger partial charge on any atom is -0.387 e. The predicted molar refractivity (Wildman–Crippen MR) is 113 cm³/mol. The fraction of sp³-hybridized carbons (Fsp3) is 0.520. The highest BCUT2D eigenvalue weighted by Gasteiger charge is 2.49. The third kappa shape index (κ3) is 4.25. The summed E-state index contributed by atoms with van der Waals surface area (Å²) in [6.45, 7) is 8.85. The van der Waals surface area contributed by atoms with E-state index in [0.717, 1.165) is 31.5 Å². The van der Waals surface area contributed by atoms with Gasteiger partial charge in [0.05, 0.1) is 11.7 Å². The molecule has 29 heavy (non-hydrogen) atoms. The molecule has 156 valence electrons. The number of rotatable bonds is 4. The standard InChI is InChI=1S/C25H32FNO2/c1-24(2,3)20-7-9-21(10-8-20)25(29)12-18-14-27(15-19(18)13-25)16-23(28)17-5-4-6-22(26)11-17/h4-11,18-19,23,28-29H,12-16H2,1-3H3. The zero-order valence-corrected chi connectivity index (χ0v) is 17.6. The molecule has 2 aliphatic rings. The van der Waals surface area contributed by atoms with Gasteiger partial charge in [-0.1, -0.05) is 57.2 Å². The molecule has 3 nitrogen and oxygen atoms in total. The molecule has 1 aliphatic heterocycles. The third-order valence-electron chi connectivity index (χ3n) is 6.80. The molecular formula is C25H32FNO2. The van der Waals surface area contributed by atoms with Crippen molar-refractivity contribution >= 4 is 0 Å². The molecule has 0 radical (unpaired) electrons. The number of β-amino-alcohol motifs (C(OH)–C–C–N with tert-alkyl or cyclic N) is 1.